The molecule has 10 heteroatoms. The van der Waals surface area contributed by atoms with Gasteiger partial charge in [-0.2, -0.15) is 4.31 Å². The number of carbonyl (C=O) groups is 1. The third kappa shape index (κ3) is 4.78. The van der Waals surface area contributed by atoms with Crippen LogP contribution in [0.25, 0.3) is 17.1 Å². The lowest BCUT2D eigenvalue weighted by Crippen LogP contribution is -2.40. The highest BCUT2D eigenvalue weighted by Gasteiger charge is 2.28. The number of nitrogens with one attached hydrogen (secondary N) is 1. The third-order valence-electron chi connectivity index (χ3n) is 5.88. The molecule has 2 heterocycles. The summed E-state index contributed by atoms with van der Waals surface area (Å²) in [4.78, 5) is 17.8. The van der Waals surface area contributed by atoms with E-state index in [9.17, 15) is 13.2 Å². The van der Waals surface area contributed by atoms with Crippen molar-refractivity contribution in [3.63, 3.8) is 0 Å². The van der Waals surface area contributed by atoms with E-state index in [2.05, 4.69) is 15.4 Å². The SMILES string of the molecule is Cc1ccc(NC(=O)c2nc(-c3ccccc3)n(-c3ccccc3)n2)cc1S(=O)(=O)N1CCOCC1. The zero-order valence-electron chi connectivity index (χ0n) is 19.7. The first-order chi connectivity index (χ1) is 17.4. The molecule has 0 atom stereocenters. The van der Waals surface area contributed by atoms with E-state index in [1.165, 1.54) is 10.4 Å². The number of aromatic nitrogens is 3. The number of carbonyl (C=O) groups excluding carboxylic acids is 1. The molecule has 0 saturated carbocycles. The van der Waals surface area contributed by atoms with Crippen molar-refractivity contribution in [1.82, 2.24) is 19.1 Å². The van der Waals surface area contributed by atoms with Crippen LogP contribution in [0.5, 0.6) is 0 Å². The Labute approximate surface area is 209 Å². The van der Waals surface area contributed by atoms with E-state index in [1.807, 2.05) is 60.7 Å². The van der Waals surface area contributed by atoms with Gasteiger partial charge in [-0.25, -0.2) is 18.1 Å². The molecule has 0 aliphatic carbocycles. The molecule has 1 N–H and O–H groups in total. The van der Waals surface area contributed by atoms with Crippen molar-refractivity contribution in [2.45, 2.75) is 11.8 Å². The fraction of sp³-hybridized carbons (Fsp3) is 0.192. The Kier molecular flexibility index (Phi) is 6.64. The smallest absolute Gasteiger partial charge is 0.295 e. The predicted molar refractivity (Wildman–Crippen MR) is 136 cm³/mol. The van der Waals surface area contributed by atoms with Crippen LogP contribution in [0.4, 0.5) is 5.69 Å². The zero-order chi connectivity index (χ0) is 25.1. The lowest BCUT2D eigenvalue weighted by Gasteiger charge is -2.26. The van der Waals surface area contributed by atoms with E-state index in [0.717, 1.165) is 11.3 Å². The van der Waals surface area contributed by atoms with Gasteiger partial charge in [0.1, 0.15) is 0 Å². The Balaban J connectivity index is 1.46. The molecule has 4 aromatic rings. The largest absolute Gasteiger partial charge is 0.379 e. The molecular weight excluding hydrogens is 478 g/mol. The molecule has 1 aromatic heterocycles. The maximum atomic E-state index is 13.2. The molecule has 1 fully saturated rings. The van der Waals surface area contributed by atoms with Gasteiger partial charge in [0.2, 0.25) is 15.8 Å². The summed E-state index contributed by atoms with van der Waals surface area (Å²) in [6, 6.07) is 23.7. The summed E-state index contributed by atoms with van der Waals surface area (Å²) in [5.41, 5.74) is 2.51. The van der Waals surface area contributed by atoms with E-state index in [4.69, 9.17) is 4.74 Å². The maximum absolute atomic E-state index is 13.2. The maximum Gasteiger partial charge on any atom is 0.295 e. The van der Waals surface area contributed by atoms with Crippen molar-refractivity contribution < 1.29 is 17.9 Å². The topological polar surface area (TPSA) is 106 Å². The average Bonchev–Trinajstić information content (AvgIpc) is 3.37. The van der Waals surface area contributed by atoms with Gasteiger partial charge in [0.15, 0.2) is 5.82 Å². The number of amides is 1. The number of benzene rings is 3. The number of nitrogens with zero attached hydrogens (tertiary/aromatic N) is 4. The lowest BCUT2D eigenvalue weighted by molar-refractivity contribution is 0.0730. The molecule has 1 aliphatic heterocycles. The van der Waals surface area contributed by atoms with E-state index in [-0.39, 0.29) is 10.7 Å². The minimum Gasteiger partial charge on any atom is -0.379 e. The van der Waals surface area contributed by atoms with Crippen LogP contribution in [-0.2, 0) is 14.8 Å². The second-order valence-corrected chi connectivity index (χ2v) is 10.2. The van der Waals surface area contributed by atoms with Crippen LogP contribution in [0, 0.1) is 6.92 Å². The quantitative estimate of drug-likeness (QED) is 0.432. The number of morpholine rings is 1. The molecule has 0 bridgehead atoms. The van der Waals surface area contributed by atoms with Crippen molar-refractivity contribution in [1.29, 1.82) is 0 Å². The second kappa shape index (κ2) is 10.0. The first-order valence-electron chi connectivity index (χ1n) is 11.5. The van der Waals surface area contributed by atoms with E-state index < -0.39 is 15.9 Å². The molecule has 0 radical (unpaired) electrons. The molecular formula is C26H25N5O4S. The van der Waals surface area contributed by atoms with Gasteiger partial charge in [0.05, 0.1) is 23.8 Å². The highest BCUT2D eigenvalue weighted by atomic mass is 32.2. The number of anilines is 1. The van der Waals surface area contributed by atoms with Gasteiger partial charge < -0.3 is 10.1 Å². The molecule has 1 amide bonds. The minimum absolute atomic E-state index is 0.0316. The third-order valence-corrected chi connectivity index (χ3v) is 7.92. The van der Waals surface area contributed by atoms with Crippen molar-refractivity contribution in [3.05, 3.63) is 90.3 Å². The fourth-order valence-electron chi connectivity index (χ4n) is 4.00. The summed E-state index contributed by atoms with van der Waals surface area (Å²) in [5, 5.41) is 7.23. The minimum atomic E-state index is -3.72. The molecule has 0 unspecified atom stereocenters. The molecule has 184 valence electrons. The molecule has 1 aliphatic rings. The molecule has 5 rings (SSSR count). The number of sulfonamides is 1. The summed E-state index contributed by atoms with van der Waals surface area (Å²) < 4.78 is 34.7. The van der Waals surface area contributed by atoms with Crippen molar-refractivity contribution in [2.24, 2.45) is 0 Å². The fourth-order valence-corrected chi connectivity index (χ4v) is 5.66. The van der Waals surface area contributed by atoms with Gasteiger partial charge in [0, 0.05) is 24.3 Å². The number of hydrogen-bond acceptors (Lipinski definition) is 6. The van der Waals surface area contributed by atoms with Gasteiger partial charge in [-0.15, -0.1) is 5.10 Å². The van der Waals surface area contributed by atoms with Crippen LogP contribution in [0.1, 0.15) is 16.2 Å². The summed E-state index contributed by atoms with van der Waals surface area (Å²) >= 11 is 0. The van der Waals surface area contributed by atoms with Gasteiger partial charge in [-0.1, -0.05) is 54.6 Å². The highest BCUT2D eigenvalue weighted by Crippen LogP contribution is 2.25. The van der Waals surface area contributed by atoms with E-state index in [0.29, 0.717) is 43.4 Å². The molecule has 1 saturated heterocycles. The molecule has 0 spiro atoms. The van der Waals surface area contributed by atoms with Crippen molar-refractivity contribution >= 4 is 21.6 Å². The van der Waals surface area contributed by atoms with Crippen molar-refractivity contribution in [3.8, 4) is 17.1 Å². The van der Waals surface area contributed by atoms with Crippen molar-refractivity contribution in [2.75, 3.05) is 31.6 Å². The Hall–Kier alpha value is -3.86. The van der Waals surface area contributed by atoms with Gasteiger partial charge in [-0.3, -0.25) is 4.79 Å². The van der Waals surface area contributed by atoms with Gasteiger partial charge in [0.25, 0.3) is 5.91 Å². The van der Waals surface area contributed by atoms with E-state index >= 15 is 0 Å². The number of rotatable bonds is 6. The normalized spacial score (nSPS) is 14.5. The van der Waals surface area contributed by atoms with Crippen LogP contribution in [0.15, 0.2) is 83.8 Å². The number of para-hydroxylation sites is 1. The van der Waals surface area contributed by atoms with Crippen LogP contribution >= 0.6 is 0 Å². The number of aryl methyl sites for hydroxylation is 1. The van der Waals surface area contributed by atoms with Gasteiger partial charge >= 0.3 is 0 Å². The average molecular weight is 504 g/mol. The number of ether oxygens (including phenoxy) is 1. The second-order valence-electron chi connectivity index (χ2n) is 8.32. The summed E-state index contributed by atoms with van der Waals surface area (Å²) in [6.07, 6.45) is 0. The van der Waals surface area contributed by atoms with E-state index in [1.54, 1.807) is 23.7 Å². The standard InChI is InChI=1S/C26H25N5O4S/c1-19-12-13-21(18-23(19)36(33,34)30-14-16-35-17-15-30)27-26(32)24-28-25(20-8-4-2-5-9-20)31(29-24)22-10-6-3-7-11-22/h2-13,18H,14-17H2,1H3,(H,27,32). The number of hydrogen-bond donors (Lipinski definition) is 1. The van der Waals surface area contributed by atoms with Crippen LogP contribution in [-0.4, -0.2) is 59.7 Å². The molecule has 3 aromatic carbocycles. The van der Waals surface area contributed by atoms with Crippen LogP contribution in [0.3, 0.4) is 0 Å². The summed E-state index contributed by atoms with van der Waals surface area (Å²) in [5.74, 6) is -0.0530. The highest BCUT2D eigenvalue weighted by molar-refractivity contribution is 7.89. The lowest BCUT2D eigenvalue weighted by atomic mass is 10.2. The van der Waals surface area contributed by atoms with Crippen LogP contribution in [0.2, 0.25) is 0 Å². The first kappa shape index (κ1) is 23.9. The Bertz CT molecular complexity index is 1420. The molecule has 36 heavy (non-hydrogen) atoms. The Morgan fingerprint density at radius 2 is 1.61 bits per heavy atom. The summed E-state index contributed by atoms with van der Waals surface area (Å²) in [7, 11) is -3.72. The predicted octanol–water partition coefficient (Wildman–Crippen LogP) is 3.52. The molecule has 9 nitrogen and oxygen atoms in total. The van der Waals surface area contributed by atoms with Crippen LogP contribution < -0.4 is 5.32 Å². The Morgan fingerprint density at radius 3 is 2.31 bits per heavy atom. The monoisotopic (exact) mass is 503 g/mol. The zero-order valence-corrected chi connectivity index (χ0v) is 20.5. The summed E-state index contributed by atoms with van der Waals surface area (Å²) in [6.45, 7) is 3.03. The Morgan fingerprint density at radius 1 is 0.944 bits per heavy atom. The van der Waals surface area contributed by atoms with Gasteiger partial charge in [-0.05, 0) is 36.8 Å². The first-order valence-corrected chi connectivity index (χ1v) is 13.0.